The molecule has 0 radical (unpaired) electrons. The lowest BCUT2D eigenvalue weighted by atomic mass is 9.74. The summed E-state index contributed by atoms with van der Waals surface area (Å²) in [5.41, 5.74) is -0.0492. The fourth-order valence-electron chi connectivity index (χ4n) is 4.17. The lowest BCUT2D eigenvalue weighted by molar-refractivity contribution is 0.00578. The predicted molar refractivity (Wildman–Crippen MR) is 148 cm³/mol. The van der Waals surface area contributed by atoms with E-state index in [0.29, 0.717) is 21.9 Å². The van der Waals surface area contributed by atoms with Crippen LogP contribution < -0.4 is 5.46 Å². The first-order chi connectivity index (χ1) is 21.4. The Labute approximate surface area is 223 Å². The lowest BCUT2D eigenvalue weighted by Crippen LogP contribution is -2.41. The fourth-order valence-corrected chi connectivity index (χ4v) is 4.17. The molecule has 0 saturated carbocycles. The Balaban J connectivity index is 1.53. The van der Waals surface area contributed by atoms with Crippen molar-refractivity contribution in [2.75, 3.05) is 0 Å². The van der Waals surface area contributed by atoms with Gasteiger partial charge in [-0.15, -0.1) is 0 Å². The number of benzene rings is 5. The van der Waals surface area contributed by atoms with Crippen molar-refractivity contribution in [3.63, 3.8) is 0 Å². The number of hydrogen-bond donors (Lipinski definition) is 0. The first-order valence-corrected chi connectivity index (χ1v) is 11.4. The van der Waals surface area contributed by atoms with Gasteiger partial charge in [-0.25, -0.2) is 0 Å². The van der Waals surface area contributed by atoms with Crippen LogP contribution in [0.2, 0.25) is 0 Å². The molecule has 6 rings (SSSR count). The first kappa shape index (κ1) is 13.1. The molecule has 0 unspecified atom stereocenters. The van der Waals surface area contributed by atoms with Crippen molar-refractivity contribution < 1.29 is 24.4 Å². The van der Waals surface area contributed by atoms with Crippen LogP contribution in [0.3, 0.4) is 0 Å². The van der Waals surface area contributed by atoms with Crippen molar-refractivity contribution in [3.8, 4) is 22.3 Å². The summed E-state index contributed by atoms with van der Waals surface area (Å²) >= 11 is 0. The summed E-state index contributed by atoms with van der Waals surface area (Å²) in [5, 5.41) is 1.09. The van der Waals surface area contributed by atoms with Gasteiger partial charge in [0.2, 0.25) is 0 Å². The second-order valence-corrected chi connectivity index (χ2v) is 9.65. The van der Waals surface area contributed by atoms with E-state index in [9.17, 15) is 0 Å². The van der Waals surface area contributed by atoms with Crippen LogP contribution in [0, 0.1) is 0 Å². The first-order valence-electron chi connectivity index (χ1n) is 16.9. The van der Waals surface area contributed by atoms with Crippen molar-refractivity contribution in [2.24, 2.45) is 0 Å². The van der Waals surface area contributed by atoms with Gasteiger partial charge in [-0.2, -0.15) is 0 Å². The van der Waals surface area contributed by atoms with Crippen LogP contribution in [0.4, 0.5) is 0 Å². The maximum Gasteiger partial charge on any atom is 0.495 e. The SMILES string of the molecule is [2H]c1c([2H])c([2H])c(-c2ccc3cc(-c4c([2H])c([2H])c5c([2H])c([2H])c([2H])c([2H])c5c4[2H])ccc3c2)c(B2OC(C)(C)C(C)(C)O2)c1[2H]. The van der Waals surface area contributed by atoms with Gasteiger partial charge in [-0.3, -0.25) is 0 Å². The quantitative estimate of drug-likeness (QED) is 0.254. The van der Waals surface area contributed by atoms with Gasteiger partial charge in [-0.05, 0) is 95.1 Å². The molecule has 0 aromatic heterocycles. The van der Waals surface area contributed by atoms with Crippen LogP contribution in [0.5, 0.6) is 0 Å². The van der Waals surface area contributed by atoms with Gasteiger partial charge in [0.25, 0.3) is 0 Å². The Hall–Kier alpha value is -3.40. The molecule has 0 spiro atoms. The van der Waals surface area contributed by atoms with Gasteiger partial charge in [0.1, 0.15) is 0 Å². The third-order valence-corrected chi connectivity index (χ3v) is 6.87. The summed E-state index contributed by atoms with van der Waals surface area (Å²) in [6.45, 7) is 7.46. The number of fused-ring (bicyclic) bond motifs is 2. The van der Waals surface area contributed by atoms with E-state index in [2.05, 4.69) is 0 Å². The van der Waals surface area contributed by atoms with Crippen LogP contribution in [0.15, 0.2) is 103 Å². The highest BCUT2D eigenvalue weighted by molar-refractivity contribution is 6.63. The van der Waals surface area contributed by atoms with E-state index in [0.717, 1.165) is 0 Å². The third-order valence-electron chi connectivity index (χ3n) is 6.87. The molecule has 3 heteroatoms. The summed E-state index contributed by atoms with van der Waals surface area (Å²) in [5.74, 6) is 0. The predicted octanol–water partition coefficient (Wildman–Crippen LogP) is 7.63. The van der Waals surface area contributed by atoms with Crippen LogP contribution in [0.1, 0.15) is 42.8 Å². The van der Waals surface area contributed by atoms with Gasteiger partial charge < -0.3 is 9.31 Å². The van der Waals surface area contributed by atoms with E-state index in [-0.39, 0.29) is 57.6 Å². The fraction of sp³-hybridized carbons (Fsp3) is 0.188. The van der Waals surface area contributed by atoms with Crippen LogP contribution in [-0.2, 0) is 9.31 Å². The maximum absolute atomic E-state index is 8.87. The number of rotatable bonds is 3. The molecule has 5 aromatic rings. The zero-order chi connectivity index (χ0) is 33.8. The standard InChI is InChI=1S/C32H29BO2/c1-31(2)32(3,4)35-33(34-31)30-12-8-7-11-29(30)28-18-17-26-20-25(15-16-27(26)21-28)24-14-13-22-9-5-6-10-23(22)19-24/h5-21H,1-4H3/i5D,6D,7D,8D,9D,10D,11D,12D,13D,14D,19D. The molecule has 1 saturated heterocycles. The molecule has 2 nitrogen and oxygen atoms in total. The summed E-state index contributed by atoms with van der Waals surface area (Å²) in [6.07, 6.45) is 0. The molecule has 5 aromatic carbocycles. The minimum Gasteiger partial charge on any atom is -0.399 e. The van der Waals surface area contributed by atoms with Crippen LogP contribution >= 0.6 is 0 Å². The molecule has 1 aliphatic rings. The molecular weight excluding hydrogens is 427 g/mol. The van der Waals surface area contributed by atoms with E-state index in [1.807, 2.05) is 27.7 Å². The van der Waals surface area contributed by atoms with Gasteiger partial charge >= 0.3 is 7.12 Å². The summed E-state index contributed by atoms with van der Waals surface area (Å²) < 4.78 is 106. The largest absolute Gasteiger partial charge is 0.495 e. The Morgan fingerprint density at radius 1 is 0.600 bits per heavy atom. The minimum atomic E-state index is -1.04. The summed E-state index contributed by atoms with van der Waals surface area (Å²) in [7, 11) is -1.04. The molecule has 0 aliphatic carbocycles. The van der Waals surface area contributed by atoms with E-state index in [4.69, 9.17) is 24.4 Å². The van der Waals surface area contributed by atoms with Gasteiger partial charge in [0.05, 0.1) is 26.3 Å². The Morgan fingerprint density at radius 2 is 1.20 bits per heavy atom. The molecule has 1 fully saturated rings. The molecule has 0 amide bonds. The Morgan fingerprint density at radius 3 is 1.94 bits per heavy atom. The van der Waals surface area contributed by atoms with Crippen molar-refractivity contribution in [2.45, 2.75) is 38.9 Å². The van der Waals surface area contributed by atoms with Crippen molar-refractivity contribution in [1.29, 1.82) is 0 Å². The smallest absolute Gasteiger partial charge is 0.399 e. The average molecular weight is 467 g/mol. The van der Waals surface area contributed by atoms with Crippen molar-refractivity contribution in [1.82, 2.24) is 0 Å². The molecule has 172 valence electrons. The minimum absolute atomic E-state index is 0.0636. The van der Waals surface area contributed by atoms with E-state index >= 15 is 0 Å². The second-order valence-electron chi connectivity index (χ2n) is 9.65. The van der Waals surface area contributed by atoms with E-state index in [1.165, 1.54) is 0 Å². The zero-order valence-electron chi connectivity index (χ0n) is 30.9. The van der Waals surface area contributed by atoms with Crippen LogP contribution in [-0.4, -0.2) is 18.3 Å². The van der Waals surface area contributed by atoms with Crippen molar-refractivity contribution >= 4 is 34.1 Å². The maximum atomic E-state index is 8.87. The Bertz CT molecular complexity index is 2130. The number of hydrogen-bond acceptors (Lipinski definition) is 2. The summed E-state index contributed by atoms with van der Waals surface area (Å²) in [6, 6.07) is 6.17. The highest BCUT2D eigenvalue weighted by Crippen LogP contribution is 2.37. The average Bonchev–Trinajstić information content (AvgIpc) is 3.22. The molecule has 0 N–H and O–H groups in total. The molecule has 0 atom stereocenters. The van der Waals surface area contributed by atoms with Crippen LogP contribution in [0.25, 0.3) is 43.8 Å². The lowest BCUT2D eigenvalue weighted by Gasteiger charge is -2.32. The topological polar surface area (TPSA) is 18.5 Å². The summed E-state index contributed by atoms with van der Waals surface area (Å²) in [4.78, 5) is 0. The normalized spacial score (nSPS) is 21.1. The van der Waals surface area contributed by atoms with E-state index < -0.39 is 54.6 Å². The van der Waals surface area contributed by atoms with Crippen molar-refractivity contribution in [3.05, 3.63) is 103 Å². The van der Waals surface area contributed by atoms with Gasteiger partial charge in [0, 0.05) is 0 Å². The molecular formula is C32H29BO2. The zero-order valence-corrected chi connectivity index (χ0v) is 19.9. The van der Waals surface area contributed by atoms with Gasteiger partial charge in [0.15, 0.2) is 0 Å². The molecule has 1 heterocycles. The highest BCUT2D eigenvalue weighted by Gasteiger charge is 2.52. The molecule has 0 bridgehead atoms. The monoisotopic (exact) mass is 467 g/mol. The van der Waals surface area contributed by atoms with E-state index in [1.54, 1.807) is 36.4 Å². The molecule has 1 aliphatic heterocycles. The Kier molecular flexibility index (Phi) is 3.02. The third kappa shape index (κ3) is 3.85. The highest BCUT2D eigenvalue weighted by atomic mass is 16.7. The van der Waals surface area contributed by atoms with Gasteiger partial charge in [-0.1, -0.05) is 84.7 Å². The second kappa shape index (κ2) is 8.08. The molecule has 35 heavy (non-hydrogen) atoms.